The summed E-state index contributed by atoms with van der Waals surface area (Å²) in [5.41, 5.74) is 19.6. The van der Waals surface area contributed by atoms with Crippen molar-refractivity contribution in [1.29, 1.82) is 0 Å². The number of furan rings is 1. The summed E-state index contributed by atoms with van der Waals surface area (Å²) >= 11 is 0. The average Bonchev–Trinajstić information content (AvgIpc) is 4.21. The Morgan fingerprint density at radius 2 is 0.541 bits per heavy atom. The third-order valence-electron chi connectivity index (χ3n) is 15.8. The molecule has 4 aromatic heterocycles. The molecule has 0 aliphatic heterocycles. The lowest BCUT2D eigenvalue weighted by atomic mass is 9.91. The SMILES string of the molecule is c1ccc(-c2cc(-c3ccccc3)cc(-c3ccc4oc5cc6c7cc(-c8cc(-c9ccccc9)cc(-c9ccccc9)c8)cc8c9ccccc9c9ccccc9c9cccc%10c(c5c4c3)c6n(c87)c9%10)c2)cc1. The first kappa shape index (κ1) is 40.9. The number of nitrogens with zero attached hydrogens (tertiary/aromatic N) is 1. The van der Waals surface area contributed by atoms with Crippen LogP contribution in [-0.2, 0) is 0 Å². The molecule has 0 saturated heterocycles. The van der Waals surface area contributed by atoms with Crippen LogP contribution in [0, 0.1) is 0 Å². The van der Waals surface area contributed by atoms with Gasteiger partial charge in [-0.3, -0.25) is 0 Å². The molecule has 0 atom stereocenters. The molecule has 0 unspecified atom stereocenters. The van der Waals surface area contributed by atoms with E-state index in [1.165, 1.54) is 126 Å². The maximum absolute atomic E-state index is 7.11. The van der Waals surface area contributed by atoms with E-state index in [1.54, 1.807) is 0 Å². The maximum atomic E-state index is 7.11. The van der Waals surface area contributed by atoms with Crippen molar-refractivity contribution in [2.24, 2.45) is 0 Å². The molecule has 2 heteroatoms. The maximum Gasteiger partial charge on any atom is 0.136 e. The Morgan fingerprint density at radius 3 is 1.05 bits per heavy atom. The van der Waals surface area contributed by atoms with Crippen molar-refractivity contribution in [3.8, 4) is 66.8 Å². The fourth-order valence-electron chi connectivity index (χ4n) is 12.5. The zero-order valence-electron chi connectivity index (χ0n) is 40.2. The van der Waals surface area contributed by atoms with Gasteiger partial charge in [-0.2, -0.15) is 0 Å². The minimum absolute atomic E-state index is 0.878. The average molecular weight is 938 g/mol. The molecule has 0 fully saturated rings. The number of hydrogen-bond acceptors (Lipinski definition) is 1. The van der Waals surface area contributed by atoms with Crippen LogP contribution in [0.1, 0.15) is 0 Å². The number of fused-ring (bicyclic) bond motifs is 11. The number of aromatic nitrogens is 1. The van der Waals surface area contributed by atoms with Crippen LogP contribution in [-0.4, -0.2) is 4.40 Å². The van der Waals surface area contributed by atoms with Gasteiger partial charge in [-0.15, -0.1) is 0 Å². The Morgan fingerprint density at radius 1 is 0.189 bits per heavy atom. The highest BCUT2D eigenvalue weighted by molar-refractivity contribution is 6.39. The monoisotopic (exact) mass is 937 g/mol. The van der Waals surface area contributed by atoms with Crippen LogP contribution in [0.5, 0.6) is 0 Å². The summed E-state index contributed by atoms with van der Waals surface area (Å²) in [6, 6.07) is 96.1. The molecular formula is C72H43NO. The molecule has 74 heavy (non-hydrogen) atoms. The predicted molar refractivity (Wildman–Crippen MR) is 314 cm³/mol. The van der Waals surface area contributed by atoms with E-state index in [0.29, 0.717) is 0 Å². The topological polar surface area (TPSA) is 17.6 Å². The van der Waals surface area contributed by atoms with Crippen LogP contribution in [0.3, 0.4) is 0 Å². The van der Waals surface area contributed by atoms with Crippen molar-refractivity contribution in [3.05, 3.63) is 261 Å². The van der Waals surface area contributed by atoms with Gasteiger partial charge in [0.05, 0.1) is 16.6 Å². The summed E-state index contributed by atoms with van der Waals surface area (Å²) in [4.78, 5) is 0. The summed E-state index contributed by atoms with van der Waals surface area (Å²) in [6.07, 6.45) is 0. The van der Waals surface area contributed by atoms with Gasteiger partial charge in [0.15, 0.2) is 0 Å². The Kier molecular flexibility index (Phi) is 8.78. The van der Waals surface area contributed by atoms with E-state index in [9.17, 15) is 0 Å². The third kappa shape index (κ3) is 6.12. The van der Waals surface area contributed by atoms with Crippen LogP contribution in [0.25, 0.3) is 159 Å². The Bertz CT molecular complexity index is 4800. The lowest BCUT2D eigenvalue weighted by Gasteiger charge is -2.13. The number of benzene rings is 12. The standard InChI is InChI=1S/C72H43NO/c1-5-18-44(19-6-1)49-34-50(45-20-7-2-8-21-45)37-53(36-49)48-32-33-66-65(40-48)68-67(74-66)43-64-63-42-55(54-38-51(46-22-9-3-10-23-46)35-52(39-54)47-24-11-4-12-25-47)41-62-59-29-16-14-27-57(59)56-26-13-15-28-58(56)60-30-17-31-61-69(68)72(64)73(70(60)61)71(62)63/h1-43H. The highest BCUT2D eigenvalue weighted by Crippen LogP contribution is 2.51. The molecule has 0 spiro atoms. The summed E-state index contributed by atoms with van der Waals surface area (Å²) < 4.78 is 9.73. The lowest BCUT2D eigenvalue weighted by molar-refractivity contribution is 0.669. The lowest BCUT2D eigenvalue weighted by Crippen LogP contribution is -1.88. The number of rotatable bonds is 6. The van der Waals surface area contributed by atoms with Crippen molar-refractivity contribution < 1.29 is 4.42 Å². The van der Waals surface area contributed by atoms with Crippen LogP contribution in [0.15, 0.2) is 265 Å². The Labute approximate surface area is 426 Å². The van der Waals surface area contributed by atoms with Gasteiger partial charge >= 0.3 is 0 Å². The zero-order valence-corrected chi connectivity index (χ0v) is 40.2. The van der Waals surface area contributed by atoms with Crippen LogP contribution in [0.2, 0.25) is 0 Å². The van der Waals surface area contributed by atoms with Gasteiger partial charge in [-0.1, -0.05) is 194 Å². The van der Waals surface area contributed by atoms with Gasteiger partial charge in [0.1, 0.15) is 11.2 Å². The summed E-state index contributed by atoms with van der Waals surface area (Å²) in [6.45, 7) is 0. The zero-order chi connectivity index (χ0) is 48.4. The molecule has 0 aliphatic carbocycles. The van der Waals surface area contributed by atoms with E-state index in [4.69, 9.17) is 4.42 Å². The fraction of sp³-hybridized carbons (Fsp3) is 0. The first-order chi connectivity index (χ1) is 36.7. The van der Waals surface area contributed by atoms with Crippen LogP contribution in [0.4, 0.5) is 0 Å². The summed E-state index contributed by atoms with van der Waals surface area (Å²) in [7, 11) is 0. The van der Waals surface area contributed by atoms with E-state index in [0.717, 1.165) is 33.1 Å². The molecule has 0 aliphatic rings. The molecule has 342 valence electrons. The van der Waals surface area contributed by atoms with Crippen molar-refractivity contribution in [3.63, 3.8) is 0 Å². The van der Waals surface area contributed by atoms with Gasteiger partial charge in [-0.25, -0.2) is 0 Å². The Balaban J connectivity index is 1.04. The van der Waals surface area contributed by atoms with E-state index >= 15 is 0 Å². The molecular weight excluding hydrogens is 895 g/mol. The molecule has 2 nitrogen and oxygen atoms in total. The highest BCUT2D eigenvalue weighted by Gasteiger charge is 2.27. The molecule has 0 radical (unpaired) electrons. The second kappa shape index (κ2) is 15.9. The normalized spacial score (nSPS) is 12.1. The highest BCUT2D eigenvalue weighted by atomic mass is 16.3. The van der Waals surface area contributed by atoms with Gasteiger partial charge in [0.25, 0.3) is 0 Å². The van der Waals surface area contributed by atoms with E-state index in [1.807, 2.05) is 0 Å². The molecule has 0 bridgehead atoms. The van der Waals surface area contributed by atoms with E-state index in [2.05, 4.69) is 265 Å². The smallest absolute Gasteiger partial charge is 0.136 e. The first-order valence-corrected chi connectivity index (χ1v) is 25.6. The minimum Gasteiger partial charge on any atom is -0.456 e. The van der Waals surface area contributed by atoms with Crippen LogP contribution < -0.4 is 0 Å². The molecule has 12 aromatic carbocycles. The number of hydrogen-bond donors (Lipinski definition) is 0. The van der Waals surface area contributed by atoms with Crippen molar-refractivity contribution in [2.45, 2.75) is 0 Å². The molecule has 16 aromatic rings. The van der Waals surface area contributed by atoms with Crippen molar-refractivity contribution in [2.75, 3.05) is 0 Å². The predicted octanol–water partition coefficient (Wildman–Crippen LogP) is 20.2. The van der Waals surface area contributed by atoms with Gasteiger partial charge in [0, 0.05) is 43.1 Å². The quantitative estimate of drug-likeness (QED) is 0.162. The number of para-hydroxylation sites is 1. The third-order valence-corrected chi connectivity index (χ3v) is 15.8. The summed E-state index contributed by atoms with van der Waals surface area (Å²) in [5, 5.41) is 14.4. The van der Waals surface area contributed by atoms with Crippen molar-refractivity contribution >= 4 is 92.4 Å². The Hall–Kier alpha value is -9.76. The van der Waals surface area contributed by atoms with Gasteiger partial charge in [0.2, 0.25) is 0 Å². The van der Waals surface area contributed by atoms with E-state index < -0.39 is 0 Å². The second-order valence-electron chi connectivity index (χ2n) is 19.9. The van der Waals surface area contributed by atoms with Crippen LogP contribution >= 0.6 is 0 Å². The minimum atomic E-state index is 0.878. The largest absolute Gasteiger partial charge is 0.456 e. The molecule has 0 saturated carbocycles. The van der Waals surface area contributed by atoms with E-state index in [-0.39, 0.29) is 0 Å². The second-order valence-corrected chi connectivity index (χ2v) is 19.9. The van der Waals surface area contributed by atoms with Crippen molar-refractivity contribution in [1.82, 2.24) is 4.40 Å². The van der Waals surface area contributed by atoms with Gasteiger partial charge < -0.3 is 8.82 Å². The molecule has 0 N–H and O–H groups in total. The molecule has 16 rings (SSSR count). The summed E-state index contributed by atoms with van der Waals surface area (Å²) in [5.74, 6) is 0. The van der Waals surface area contributed by atoms with Gasteiger partial charge in [-0.05, 0) is 155 Å². The molecule has 4 heterocycles. The first-order valence-electron chi connectivity index (χ1n) is 25.6. The fourth-order valence-corrected chi connectivity index (χ4v) is 12.5. The molecule has 0 amide bonds.